The number of nitrogens with two attached hydrogens (primary N) is 1. The zero-order chi connectivity index (χ0) is 8.36. The van der Waals surface area contributed by atoms with E-state index in [-0.39, 0.29) is 11.5 Å². The molecule has 1 unspecified atom stereocenters. The Kier molecular flexibility index (Phi) is 2.93. The van der Waals surface area contributed by atoms with Gasteiger partial charge in [0.25, 0.3) is 0 Å². The molecular formula is C9H17N. The maximum atomic E-state index is 5.85. The Morgan fingerprint density at radius 3 is 1.80 bits per heavy atom. The molecule has 58 valence electrons. The molecular weight excluding hydrogens is 122 g/mol. The Morgan fingerprint density at radius 2 is 1.80 bits per heavy atom. The molecule has 0 aromatic rings. The van der Waals surface area contributed by atoms with Gasteiger partial charge in [0, 0.05) is 11.5 Å². The van der Waals surface area contributed by atoms with Crippen LogP contribution in [0.15, 0.2) is 0 Å². The zero-order valence-electron chi connectivity index (χ0n) is 7.31. The van der Waals surface area contributed by atoms with Crippen LogP contribution < -0.4 is 5.73 Å². The van der Waals surface area contributed by atoms with E-state index in [9.17, 15) is 0 Å². The first-order chi connectivity index (χ1) is 4.39. The van der Waals surface area contributed by atoms with Gasteiger partial charge in [-0.3, -0.25) is 0 Å². The lowest BCUT2D eigenvalue weighted by molar-refractivity contribution is 0.313. The van der Waals surface area contributed by atoms with E-state index in [1.165, 1.54) is 0 Å². The van der Waals surface area contributed by atoms with Gasteiger partial charge in [-0.15, -0.1) is 12.3 Å². The van der Waals surface area contributed by atoms with Gasteiger partial charge >= 0.3 is 0 Å². The van der Waals surface area contributed by atoms with Gasteiger partial charge < -0.3 is 5.73 Å². The molecule has 0 heterocycles. The van der Waals surface area contributed by atoms with Crippen LogP contribution in [0.25, 0.3) is 0 Å². The van der Waals surface area contributed by atoms with Crippen LogP contribution in [0.3, 0.4) is 0 Å². The summed E-state index contributed by atoms with van der Waals surface area (Å²) in [7, 11) is 0. The second-order valence-corrected chi connectivity index (χ2v) is 3.71. The van der Waals surface area contributed by atoms with Gasteiger partial charge in [-0.05, 0) is 19.8 Å². The molecule has 0 bridgehead atoms. The fourth-order valence-corrected chi connectivity index (χ4v) is 1.27. The molecule has 0 saturated carbocycles. The highest BCUT2D eigenvalue weighted by molar-refractivity contribution is 5.04. The Bertz CT molecular complexity index is 134. The summed E-state index contributed by atoms with van der Waals surface area (Å²) in [5, 5.41) is 0. The van der Waals surface area contributed by atoms with E-state index < -0.39 is 0 Å². The van der Waals surface area contributed by atoms with Crippen molar-refractivity contribution in [1.29, 1.82) is 0 Å². The zero-order valence-corrected chi connectivity index (χ0v) is 7.31. The molecule has 0 aliphatic carbocycles. The van der Waals surface area contributed by atoms with Gasteiger partial charge in [0.2, 0.25) is 0 Å². The summed E-state index contributed by atoms with van der Waals surface area (Å²) in [5.41, 5.74) is 5.60. The van der Waals surface area contributed by atoms with Gasteiger partial charge in [-0.1, -0.05) is 13.8 Å². The Morgan fingerprint density at radius 1 is 1.40 bits per heavy atom. The van der Waals surface area contributed by atoms with E-state index in [4.69, 9.17) is 12.2 Å². The summed E-state index contributed by atoms with van der Waals surface area (Å²) in [6.07, 6.45) is 5.33. The highest BCUT2D eigenvalue weighted by Crippen LogP contribution is 2.20. The van der Waals surface area contributed by atoms with Crippen LogP contribution in [0.4, 0.5) is 0 Å². The third-order valence-electron chi connectivity index (χ3n) is 1.65. The predicted molar refractivity (Wildman–Crippen MR) is 45.4 cm³/mol. The summed E-state index contributed by atoms with van der Waals surface area (Å²) >= 11 is 0. The molecule has 0 radical (unpaired) electrons. The van der Waals surface area contributed by atoms with Crippen LogP contribution in [0.2, 0.25) is 0 Å². The molecule has 0 aromatic heterocycles. The minimum Gasteiger partial charge on any atom is -0.324 e. The summed E-state index contributed by atoms with van der Waals surface area (Å²) in [5.74, 6) is 3.35. The molecule has 0 spiro atoms. The minimum absolute atomic E-state index is 0.174. The third-order valence-corrected chi connectivity index (χ3v) is 1.65. The maximum Gasteiger partial charge on any atom is 0.0397 e. The smallest absolute Gasteiger partial charge is 0.0397 e. The molecule has 1 atom stereocenters. The standard InChI is InChI=1S/C9H17N/c1-6-8(7(2)3)9(4,5)10/h1,7-8H,10H2,2-5H3. The second-order valence-electron chi connectivity index (χ2n) is 3.71. The normalized spacial score (nSPS) is 14.9. The molecule has 1 nitrogen and oxygen atoms in total. The second kappa shape index (κ2) is 3.07. The molecule has 0 fully saturated rings. The van der Waals surface area contributed by atoms with Crippen molar-refractivity contribution in [3.8, 4) is 12.3 Å². The maximum absolute atomic E-state index is 5.85. The van der Waals surface area contributed by atoms with Crippen LogP contribution >= 0.6 is 0 Å². The van der Waals surface area contributed by atoms with Crippen molar-refractivity contribution in [2.24, 2.45) is 17.6 Å². The molecule has 0 aliphatic heterocycles. The predicted octanol–water partition coefficient (Wildman–Crippen LogP) is 1.63. The topological polar surface area (TPSA) is 26.0 Å². The van der Waals surface area contributed by atoms with Crippen LogP contribution in [-0.4, -0.2) is 5.54 Å². The summed E-state index contributed by atoms with van der Waals surface area (Å²) in [4.78, 5) is 0. The number of hydrogen-bond donors (Lipinski definition) is 1. The first kappa shape index (κ1) is 9.52. The highest BCUT2D eigenvalue weighted by Gasteiger charge is 2.25. The number of hydrogen-bond acceptors (Lipinski definition) is 1. The molecule has 0 rings (SSSR count). The molecule has 10 heavy (non-hydrogen) atoms. The van der Waals surface area contributed by atoms with Crippen molar-refractivity contribution in [2.45, 2.75) is 33.2 Å². The lowest BCUT2D eigenvalue weighted by Gasteiger charge is -2.29. The minimum atomic E-state index is -0.247. The molecule has 0 amide bonds. The van der Waals surface area contributed by atoms with Crippen LogP contribution in [0.5, 0.6) is 0 Å². The van der Waals surface area contributed by atoms with Gasteiger partial charge in [0.1, 0.15) is 0 Å². The average Bonchev–Trinajstić information content (AvgIpc) is 1.60. The molecule has 0 aromatic carbocycles. The van der Waals surface area contributed by atoms with Crippen molar-refractivity contribution >= 4 is 0 Å². The van der Waals surface area contributed by atoms with Crippen LogP contribution in [0, 0.1) is 24.2 Å². The fourth-order valence-electron chi connectivity index (χ4n) is 1.27. The lowest BCUT2D eigenvalue weighted by atomic mass is 9.81. The quantitative estimate of drug-likeness (QED) is 0.578. The third kappa shape index (κ3) is 2.41. The first-order valence-electron chi connectivity index (χ1n) is 3.64. The molecule has 2 N–H and O–H groups in total. The Hall–Kier alpha value is -0.480. The molecule has 0 aliphatic rings. The summed E-state index contributed by atoms with van der Waals surface area (Å²) in [6.45, 7) is 8.13. The molecule has 0 saturated heterocycles. The van der Waals surface area contributed by atoms with E-state index in [0.29, 0.717) is 5.92 Å². The monoisotopic (exact) mass is 139 g/mol. The molecule has 1 heteroatoms. The fraction of sp³-hybridized carbons (Fsp3) is 0.778. The first-order valence-corrected chi connectivity index (χ1v) is 3.64. The van der Waals surface area contributed by atoms with Crippen molar-refractivity contribution in [1.82, 2.24) is 0 Å². The van der Waals surface area contributed by atoms with Gasteiger partial charge in [0.05, 0.1) is 0 Å². The van der Waals surface area contributed by atoms with E-state index >= 15 is 0 Å². The van der Waals surface area contributed by atoms with E-state index in [1.54, 1.807) is 0 Å². The van der Waals surface area contributed by atoms with Crippen LogP contribution in [-0.2, 0) is 0 Å². The van der Waals surface area contributed by atoms with Crippen molar-refractivity contribution < 1.29 is 0 Å². The van der Waals surface area contributed by atoms with Gasteiger partial charge in [-0.25, -0.2) is 0 Å². The Balaban J connectivity index is 4.26. The van der Waals surface area contributed by atoms with Crippen LogP contribution in [0.1, 0.15) is 27.7 Å². The lowest BCUT2D eigenvalue weighted by Crippen LogP contribution is -2.42. The van der Waals surface area contributed by atoms with Gasteiger partial charge in [0.15, 0.2) is 0 Å². The number of rotatable bonds is 2. The summed E-state index contributed by atoms with van der Waals surface area (Å²) < 4.78 is 0. The number of terminal acetylenes is 1. The average molecular weight is 139 g/mol. The van der Waals surface area contributed by atoms with Crippen molar-refractivity contribution in [2.75, 3.05) is 0 Å². The van der Waals surface area contributed by atoms with Crippen molar-refractivity contribution in [3.63, 3.8) is 0 Å². The highest BCUT2D eigenvalue weighted by atomic mass is 14.7. The summed E-state index contributed by atoms with van der Waals surface area (Å²) in [6, 6.07) is 0. The SMILES string of the molecule is C#CC(C(C)C)C(C)(C)N. The van der Waals surface area contributed by atoms with E-state index in [0.717, 1.165) is 0 Å². The van der Waals surface area contributed by atoms with Gasteiger partial charge in [-0.2, -0.15) is 0 Å². The van der Waals surface area contributed by atoms with E-state index in [1.807, 2.05) is 13.8 Å². The van der Waals surface area contributed by atoms with Crippen molar-refractivity contribution in [3.05, 3.63) is 0 Å². The largest absolute Gasteiger partial charge is 0.324 e. The van der Waals surface area contributed by atoms with E-state index in [2.05, 4.69) is 19.8 Å². The Labute approximate surface area is 64.0 Å².